The summed E-state index contributed by atoms with van der Waals surface area (Å²) >= 11 is 0. The van der Waals surface area contributed by atoms with E-state index in [1.54, 1.807) is 13.0 Å². The van der Waals surface area contributed by atoms with E-state index in [0.29, 0.717) is 23.0 Å². The molecule has 0 aliphatic heterocycles. The summed E-state index contributed by atoms with van der Waals surface area (Å²) in [7, 11) is 0. The summed E-state index contributed by atoms with van der Waals surface area (Å²) in [6.07, 6.45) is 0.636. The van der Waals surface area contributed by atoms with E-state index in [1.807, 2.05) is 0 Å². The molecule has 0 unspecified atom stereocenters. The van der Waals surface area contributed by atoms with E-state index in [1.165, 1.54) is 30.3 Å². The Morgan fingerprint density at radius 1 is 1.00 bits per heavy atom. The van der Waals surface area contributed by atoms with Gasteiger partial charge in [-0.2, -0.15) is 0 Å². The van der Waals surface area contributed by atoms with E-state index in [4.69, 9.17) is 0 Å². The molecule has 3 heteroatoms. The van der Waals surface area contributed by atoms with Crippen molar-refractivity contribution in [3.8, 4) is 11.1 Å². The lowest BCUT2D eigenvalue weighted by Crippen LogP contribution is -1.92. The fraction of sp³-hybridized carbons (Fsp3) is 0.0714. The van der Waals surface area contributed by atoms with Crippen LogP contribution in [0.2, 0.25) is 0 Å². The molecule has 0 saturated carbocycles. The van der Waals surface area contributed by atoms with Crippen molar-refractivity contribution in [2.45, 2.75) is 6.92 Å². The van der Waals surface area contributed by atoms with E-state index in [-0.39, 0.29) is 5.56 Å². The van der Waals surface area contributed by atoms with Gasteiger partial charge in [0.15, 0.2) is 0 Å². The van der Waals surface area contributed by atoms with Crippen molar-refractivity contribution < 1.29 is 13.6 Å². The topological polar surface area (TPSA) is 17.1 Å². The minimum Gasteiger partial charge on any atom is -0.298 e. The smallest absolute Gasteiger partial charge is 0.150 e. The van der Waals surface area contributed by atoms with Crippen molar-refractivity contribution in [3.05, 3.63) is 59.2 Å². The summed E-state index contributed by atoms with van der Waals surface area (Å²) in [5.74, 6) is -0.859. The number of halogens is 2. The average molecular weight is 232 g/mol. The molecule has 0 N–H and O–H groups in total. The Bertz CT molecular complexity index is 576. The van der Waals surface area contributed by atoms with Gasteiger partial charge in [-0.05, 0) is 42.3 Å². The lowest BCUT2D eigenvalue weighted by molar-refractivity contribution is 0.112. The number of hydrogen-bond acceptors (Lipinski definition) is 1. The molecule has 2 aromatic carbocycles. The summed E-state index contributed by atoms with van der Waals surface area (Å²) in [5, 5.41) is 0. The van der Waals surface area contributed by atoms with Crippen molar-refractivity contribution in [1.29, 1.82) is 0 Å². The summed E-state index contributed by atoms with van der Waals surface area (Å²) < 4.78 is 27.1. The fourth-order valence-electron chi connectivity index (χ4n) is 1.72. The zero-order chi connectivity index (χ0) is 12.4. The van der Waals surface area contributed by atoms with E-state index in [2.05, 4.69) is 0 Å². The van der Waals surface area contributed by atoms with Crippen LogP contribution in [0.15, 0.2) is 36.4 Å². The first-order chi connectivity index (χ1) is 8.13. The molecule has 0 aliphatic rings. The van der Waals surface area contributed by atoms with Gasteiger partial charge in [0, 0.05) is 11.1 Å². The molecule has 1 nitrogen and oxygen atoms in total. The van der Waals surface area contributed by atoms with E-state index in [9.17, 15) is 13.6 Å². The van der Waals surface area contributed by atoms with E-state index in [0.717, 1.165) is 0 Å². The summed E-state index contributed by atoms with van der Waals surface area (Å²) in [5.41, 5.74) is 1.44. The highest BCUT2D eigenvalue weighted by molar-refractivity contribution is 5.79. The number of carbonyl (C=O) groups is 1. The largest absolute Gasteiger partial charge is 0.298 e. The van der Waals surface area contributed by atoms with Gasteiger partial charge < -0.3 is 0 Å². The number of benzene rings is 2. The third-order valence-electron chi connectivity index (χ3n) is 2.68. The second-order valence-corrected chi connectivity index (χ2v) is 3.77. The van der Waals surface area contributed by atoms with Gasteiger partial charge in [0.25, 0.3) is 0 Å². The zero-order valence-corrected chi connectivity index (χ0v) is 9.21. The van der Waals surface area contributed by atoms with Gasteiger partial charge in [0.05, 0.1) is 0 Å². The maximum Gasteiger partial charge on any atom is 0.150 e. The van der Waals surface area contributed by atoms with Crippen LogP contribution in [-0.2, 0) is 0 Å². The molecule has 0 aromatic heterocycles. The normalized spacial score (nSPS) is 10.3. The van der Waals surface area contributed by atoms with Gasteiger partial charge in [0.1, 0.15) is 17.9 Å². The third-order valence-corrected chi connectivity index (χ3v) is 2.68. The molecule has 2 rings (SSSR count). The van der Waals surface area contributed by atoms with Crippen molar-refractivity contribution in [2.75, 3.05) is 0 Å². The van der Waals surface area contributed by atoms with Gasteiger partial charge in [-0.25, -0.2) is 8.78 Å². The average Bonchev–Trinajstić information content (AvgIpc) is 2.34. The molecule has 2 aromatic rings. The van der Waals surface area contributed by atoms with Crippen LogP contribution in [0.3, 0.4) is 0 Å². The number of carbonyl (C=O) groups excluding carboxylic acids is 1. The van der Waals surface area contributed by atoms with Crippen molar-refractivity contribution in [2.24, 2.45) is 0 Å². The lowest BCUT2D eigenvalue weighted by atomic mass is 9.98. The summed E-state index contributed by atoms with van der Waals surface area (Å²) in [6.45, 7) is 1.58. The summed E-state index contributed by atoms with van der Waals surface area (Å²) in [4.78, 5) is 10.7. The van der Waals surface area contributed by atoms with Gasteiger partial charge >= 0.3 is 0 Å². The van der Waals surface area contributed by atoms with Gasteiger partial charge in [-0.15, -0.1) is 0 Å². The van der Waals surface area contributed by atoms with Crippen molar-refractivity contribution >= 4 is 6.29 Å². The molecule has 0 amide bonds. The molecule has 0 bridgehead atoms. The molecule has 0 aliphatic carbocycles. The number of aldehydes is 1. The SMILES string of the molecule is Cc1c(F)cccc1-c1cc(C=O)ccc1F. The standard InChI is InChI=1S/C14H10F2O/c1-9-11(3-2-4-13(9)15)12-7-10(8-17)5-6-14(12)16/h2-8H,1H3. The van der Waals surface area contributed by atoms with E-state index >= 15 is 0 Å². The molecule has 0 heterocycles. The Morgan fingerprint density at radius 2 is 1.76 bits per heavy atom. The zero-order valence-electron chi connectivity index (χ0n) is 9.21. The molecule has 0 radical (unpaired) electrons. The van der Waals surface area contributed by atoms with E-state index < -0.39 is 11.6 Å². The predicted molar refractivity (Wildman–Crippen MR) is 61.9 cm³/mol. The number of rotatable bonds is 2. The van der Waals surface area contributed by atoms with Crippen LogP contribution in [0, 0.1) is 18.6 Å². The van der Waals surface area contributed by atoms with Crippen LogP contribution in [0.1, 0.15) is 15.9 Å². The van der Waals surface area contributed by atoms with Crippen LogP contribution >= 0.6 is 0 Å². The van der Waals surface area contributed by atoms with Crippen LogP contribution in [-0.4, -0.2) is 6.29 Å². The molecule has 0 fully saturated rings. The Kier molecular flexibility index (Phi) is 3.00. The second-order valence-electron chi connectivity index (χ2n) is 3.77. The van der Waals surface area contributed by atoms with Crippen molar-refractivity contribution in [3.63, 3.8) is 0 Å². The Hall–Kier alpha value is -2.03. The predicted octanol–water partition coefficient (Wildman–Crippen LogP) is 3.75. The Labute approximate surface area is 97.7 Å². The van der Waals surface area contributed by atoms with Crippen LogP contribution in [0.5, 0.6) is 0 Å². The summed E-state index contributed by atoms with van der Waals surface area (Å²) in [6, 6.07) is 8.49. The maximum atomic E-state index is 13.7. The molecule has 0 atom stereocenters. The second kappa shape index (κ2) is 4.45. The minimum absolute atomic E-state index is 0.242. The van der Waals surface area contributed by atoms with Crippen LogP contribution < -0.4 is 0 Å². The molecular formula is C14H10F2O. The van der Waals surface area contributed by atoms with Crippen LogP contribution in [0.25, 0.3) is 11.1 Å². The van der Waals surface area contributed by atoms with Crippen molar-refractivity contribution in [1.82, 2.24) is 0 Å². The maximum absolute atomic E-state index is 13.7. The highest BCUT2D eigenvalue weighted by Crippen LogP contribution is 2.28. The Morgan fingerprint density at radius 3 is 2.47 bits per heavy atom. The monoisotopic (exact) mass is 232 g/mol. The first kappa shape index (κ1) is 11.5. The van der Waals surface area contributed by atoms with Gasteiger partial charge in [0.2, 0.25) is 0 Å². The van der Waals surface area contributed by atoms with Crippen LogP contribution in [0.4, 0.5) is 8.78 Å². The molecule has 0 spiro atoms. The molecule has 86 valence electrons. The highest BCUT2D eigenvalue weighted by atomic mass is 19.1. The van der Waals surface area contributed by atoms with Gasteiger partial charge in [-0.3, -0.25) is 4.79 Å². The molecule has 17 heavy (non-hydrogen) atoms. The quantitative estimate of drug-likeness (QED) is 0.720. The fourth-order valence-corrected chi connectivity index (χ4v) is 1.72. The first-order valence-corrected chi connectivity index (χ1v) is 5.13. The third kappa shape index (κ3) is 2.09. The Balaban J connectivity index is 2.67. The molecule has 0 saturated heterocycles. The molecular weight excluding hydrogens is 222 g/mol. The number of hydrogen-bond donors (Lipinski definition) is 0. The highest BCUT2D eigenvalue weighted by Gasteiger charge is 2.10. The van der Waals surface area contributed by atoms with Gasteiger partial charge in [-0.1, -0.05) is 12.1 Å². The first-order valence-electron chi connectivity index (χ1n) is 5.13. The lowest BCUT2D eigenvalue weighted by Gasteiger charge is -2.08. The minimum atomic E-state index is -0.468.